The van der Waals surface area contributed by atoms with Crippen LogP contribution in [0.3, 0.4) is 0 Å². The minimum Gasteiger partial charge on any atom is -0.399 e. The number of allylic oxidation sites excluding steroid dienone is 3. The lowest BCUT2D eigenvalue weighted by Gasteiger charge is -2.35. The molecule has 2 aromatic carbocycles. The van der Waals surface area contributed by atoms with Crippen LogP contribution in [0.1, 0.15) is 16.7 Å². The van der Waals surface area contributed by atoms with Crippen molar-refractivity contribution in [3.05, 3.63) is 95.7 Å². The third kappa shape index (κ3) is 1.98. The van der Waals surface area contributed by atoms with Crippen LogP contribution < -0.4 is 11.5 Å². The summed E-state index contributed by atoms with van der Waals surface area (Å²) >= 11 is 0. The third-order valence-electron chi connectivity index (χ3n) is 5.44. The lowest BCUT2D eigenvalue weighted by atomic mass is 9.67. The number of aliphatic imine (C=N–C) groups is 1. The van der Waals surface area contributed by atoms with Gasteiger partial charge in [-0.2, -0.15) is 0 Å². The van der Waals surface area contributed by atoms with Crippen molar-refractivity contribution in [1.82, 2.24) is 4.98 Å². The number of fused-ring (bicyclic) bond motifs is 7. The van der Waals surface area contributed by atoms with Crippen LogP contribution in [0, 0.1) is 0 Å². The summed E-state index contributed by atoms with van der Waals surface area (Å²) < 4.78 is 0. The molecule has 4 N–H and O–H groups in total. The van der Waals surface area contributed by atoms with Crippen LogP contribution >= 0.6 is 0 Å². The van der Waals surface area contributed by atoms with Crippen molar-refractivity contribution in [3.63, 3.8) is 0 Å². The Morgan fingerprint density at radius 2 is 1.52 bits per heavy atom. The summed E-state index contributed by atoms with van der Waals surface area (Å²) in [6, 6.07) is 16.1. The molecule has 1 aliphatic heterocycles. The van der Waals surface area contributed by atoms with Crippen molar-refractivity contribution >= 4 is 23.4 Å². The van der Waals surface area contributed by atoms with Gasteiger partial charge in [-0.1, -0.05) is 30.9 Å². The Balaban J connectivity index is 2.01. The van der Waals surface area contributed by atoms with E-state index in [4.69, 9.17) is 11.5 Å². The van der Waals surface area contributed by atoms with Gasteiger partial charge in [-0.3, -0.25) is 0 Å². The number of benzene rings is 2. The third-order valence-corrected chi connectivity index (χ3v) is 5.44. The second-order valence-electron chi connectivity index (χ2n) is 6.90. The van der Waals surface area contributed by atoms with Gasteiger partial charge in [0.15, 0.2) is 5.82 Å². The van der Waals surface area contributed by atoms with Gasteiger partial charge in [0.25, 0.3) is 0 Å². The Kier molecular flexibility index (Phi) is 3.13. The zero-order valence-electron chi connectivity index (χ0n) is 14.7. The summed E-state index contributed by atoms with van der Waals surface area (Å²) in [5.41, 5.74) is 19.5. The van der Waals surface area contributed by atoms with Crippen molar-refractivity contribution in [2.75, 3.05) is 11.5 Å². The van der Waals surface area contributed by atoms with E-state index in [1.807, 2.05) is 42.5 Å². The number of aromatic nitrogens is 1. The molecule has 2 heterocycles. The quantitative estimate of drug-likeness (QED) is 0.590. The number of pyridine rings is 1. The fourth-order valence-corrected chi connectivity index (χ4v) is 4.36. The molecule has 130 valence electrons. The van der Waals surface area contributed by atoms with Gasteiger partial charge in [-0.15, -0.1) is 0 Å². The van der Waals surface area contributed by atoms with Crippen molar-refractivity contribution in [3.8, 4) is 11.1 Å². The number of nitrogens with two attached hydrogens (primary N) is 2. The smallest absolute Gasteiger partial charge is 0.156 e. The average Bonchev–Trinajstić information content (AvgIpc) is 2.94. The second-order valence-corrected chi connectivity index (χ2v) is 6.90. The maximum atomic E-state index is 6.20. The topological polar surface area (TPSA) is 77.3 Å². The maximum absolute atomic E-state index is 6.20. The molecule has 0 atom stereocenters. The fraction of sp³-hybridized carbons (Fsp3) is 0.0435. The normalized spacial score (nSPS) is 18.1. The molecule has 0 saturated heterocycles. The van der Waals surface area contributed by atoms with Crippen LogP contribution in [-0.2, 0) is 5.41 Å². The number of nitrogen functional groups attached to an aromatic ring is 2. The molecular formula is C23H18N4. The van der Waals surface area contributed by atoms with Crippen LogP contribution in [0.15, 0.2) is 84.0 Å². The van der Waals surface area contributed by atoms with Crippen molar-refractivity contribution < 1.29 is 0 Å². The Hall–Kier alpha value is -3.66. The first-order chi connectivity index (χ1) is 13.1. The molecular weight excluding hydrogens is 332 g/mol. The molecule has 0 amide bonds. The molecule has 3 aromatic rings. The number of hydrogen-bond acceptors (Lipinski definition) is 4. The molecule has 1 spiro atoms. The van der Waals surface area contributed by atoms with E-state index in [2.05, 4.69) is 34.8 Å². The number of hydrogen-bond donors (Lipinski definition) is 2. The molecule has 0 fully saturated rings. The zero-order valence-corrected chi connectivity index (χ0v) is 14.7. The molecule has 0 radical (unpaired) electrons. The van der Waals surface area contributed by atoms with Gasteiger partial charge < -0.3 is 11.5 Å². The zero-order chi connectivity index (χ0) is 18.6. The number of anilines is 2. The van der Waals surface area contributed by atoms with E-state index in [1.54, 1.807) is 12.4 Å². The molecule has 1 aliphatic carbocycles. The summed E-state index contributed by atoms with van der Waals surface area (Å²) in [4.78, 5) is 9.09. The van der Waals surface area contributed by atoms with Crippen LogP contribution in [0.4, 0.5) is 17.2 Å². The number of rotatable bonds is 0. The van der Waals surface area contributed by atoms with Gasteiger partial charge in [0.2, 0.25) is 0 Å². The van der Waals surface area contributed by atoms with E-state index < -0.39 is 5.41 Å². The van der Waals surface area contributed by atoms with Crippen molar-refractivity contribution in [2.45, 2.75) is 5.41 Å². The average molecular weight is 350 g/mol. The highest BCUT2D eigenvalue weighted by atomic mass is 14.9. The number of nitrogens with zero attached hydrogens (tertiary/aromatic N) is 2. The molecule has 0 bridgehead atoms. The Morgan fingerprint density at radius 1 is 0.852 bits per heavy atom. The van der Waals surface area contributed by atoms with Crippen LogP contribution in [0.25, 0.3) is 11.1 Å². The van der Waals surface area contributed by atoms with Crippen LogP contribution in [0.5, 0.6) is 0 Å². The lowest BCUT2D eigenvalue weighted by Crippen LogP contribution is -2.29. The largest absolute Gasteiger partial charge is 0.399 e. The molecule has 4 heteroatoms. The Morgan fingerprint density at radius 3 is 2.19 bits per heavy atom. The first kappa shape index (κ1) is 15.6. The van der Waals surface area contributed by atoms with Gasteiger partial charge in [0, 0.05) is 29.3 Å². The second kappa shape index (κ2) is 5.42. The van der Waals surface area contributed by atoms with E-state index in [1.165, 1.54) is 0 Å². The molecule has 2 aliphatic rings. The van der Waals surface area contributed by atoms with Gasteiger partial charge in [0.05, 0.1) is 5.41 Å². The first-order valence-electron chi connectivity index (χ1n) is 8.78. The van der Waals surface area contributed by atoms with Crippen LogP contribution in [0.2, 0.25) is 0 Å². The van der Waals surface area contributed by atoms with Gasteiger partial charge in [0.1, 0.15) is 0 Å². The highest BCUT2D eigenvalue weighted by Crippen LogP contribution is 2.58. The highest BCUT2D eigenvalue weighted by molar-refractivity contribution is 5.91. The lowest BCUT2D eigenvalue weighted by molar-refractivity contribution is 0.765. The molecule has 5 rings (SSSR count). The maximum Gasteiger partial charge on any atom is 0.156 e. The summed E-state index contributed by atoms with van der Waals surface area (Å²) in [5, 5.41) is 0. The Bertz CT molecular complexity index is 1120. The summed E-state index contributed by atoms with van der Waals surface area (Å²) in [6.45, 7) is 4.45. The first-order valence-corrected chi connectivity index (χ1v) is 8.78. The standard InChI is InChI=1S/C23H18N4/c1-14-4-2-10-26-22-19(5-3-11-27-22)23(14)20-12-15(24)6-8-17(20)18-9-7-16(25)13-21(18)23/h2-13H,1,24-25H2/b4-2-,26-10-. The van der Waals surface area contributed by atoms with Crippen molar-refractivity contribution in [2.24, 2.45) is 4.99 Å². The minimum atomic E-state index is -0.632. The molecule has 0 unspecified atom stereocenters. The monoisotopic (exact) mass is 350 g/mol. The summed E-state index contributed by atoms with van der Waals surface area (Å²) in [7, 11) is 0. The van der Waals surface area contributed by atoms with E-state index in [0.717, 1.165) is 33.4 Å². The predicted octanol–water partition coefficient (Wildman–Crippen LogP) is 4.39. The van der Waals surface area contributed by atoms with E-state index in [0.29, 0.717) is 17.2 Å². The van der Waals surface area contributed by atoms with E-state index in [9.17, 15) is 0 Å². The van der Waals surface area contributed by atoms with Crippen molar-refractivity contribution in [1.29, 1.82) is 0 Å². The minimum absolute atomic E-state index is 0.632. The molecule has 27 heavy (non-hydrogen) atoms. The predicted molar refractivity (Wildman–Crippen MR) is 111 cm³/mol. The van der Waals surface area contributed by atoms with E-state index in [-0.39, 0.29) is 0 Å². The fourth-order valence-electron chi connectivity index (χ4n) is 4.36. The highest BCUT2D eigenvalue weighted by Gasteiger charge is 2.48. The van der Waals surface area contributed by atoms with Crippen LogP contribution in [-0.4, -0.2) is 11.2 Å². The molecule has 0 saturated carbocycles. The van der Waals surface area contributed by atoms with Gasteiger partial charge in [-0.25, -0.2) is 9.98 Å². The summed E-state index contributed by atoms with van der Waals surface area (Å²) in [5.74, 6) is 0.673. The summed E-state index contributed by atoms with van der Waals surface area (Å²) in [6.07, 6.45) is 7.41. The molecule has 4 nitrogen and oxygen atoms in total. The molecule has 1 aromatic heterocycles. The Labute approximate surface area is 157 Å². The van der Waals surface area contributed by atoms with Gasteiger partial charge in [-0.05, 0) is 64.2 Å². The van der Waals surface area contributed by atoms with Gasteiger partial charge >= 0.3 is 0 Å². The SMILES string of the molecule is C=C1/C=C\C=N/c2ncccc2C12c1cc(N)ccc1-c1ccc(N)cc12. The van der Waals surface area contributed by atoms with E-state index >= 15 is 0 Å².